The van der Waals surface area contributed by atoms with Crippen LogP contribution in [-0.4, -0.2) is 58.4 Å². The predicted octanol–water partition coefficient (Wildman–Crippen LogP) is 3.04. The molecule has 7 nitrogen and oxygen atoms in total. The number of nitrogens with one attached hydrogen (secondary N) is 2. The highest BCUT2D eigenvalue weighted by molar-refractivity contribution is 6.05. The minimum atomic E-state index is -0.435. The Morgan fingerprint density at radius 1 is 1.13 bits per heavy atom. The number of fused-ring (bicyclic) bond motifs is 5. The number of likely N-dealkylation sites (tertiary alicyclic amines) is 1. The van der Waals surface area contributed by atoms with Crippen molar-refractivity contribution in [2.24, 2.45) is 0 Å². The van der Waals surface area contributed by atoms with Gasteiger partial charge in [-0.3, -0.25) is 9.20 Å². The van der Waals surface area contributed by atoms with Crippen molar-refractivity contribution in [3.8, 4) is 0 Å². The number of nitrogens with zero attached hydrogens (tertiary/aromatic N) is 4. The third kappa shape index (κ3) is 3.13. The number of hydrogen-bond donors (Lipinski definition) is 2. The SMILES string of the molecule is CNC(=O)c1cc2cc(F)c(NCCN3CCCC3)nc2n2c1nc1ccccc12. The van der Waals surface area contributed by atoms with Crippen LogP contribution in [-0.2, 0) is 0 Å². The fraction of sp³-hybridized carbons (Fsp3) is 0.318. The predicted molar refractivity (Wildman–Crippen MR) is 116 cm³/mol. The number of carbonyl (C=O) groups excluding carboxylic acids is 1. The Morgan fingerprint density at radius 3 is 2.73 bits per heavy atom. The molecule has 0 radical (unpaired) electrons. The van der Waals surface area contributed by atoms with E-state index in [0.29, 0.717) is 28.8 Å². The number of anilines is 1. The van der Waals surface area contributed by atoms with Gasteiger partial charge in [0.25, 0.3) is 5.91 Å². The molecule has 1 aliphatic rings. The molecule has 0 spiro atoms. The van der Waals surface area contributed by atoms with Gasteiger partial charge in [0, 0.05) is 25.5 Å². The second-order valence-corrected chi connectivity index (χ2v) is 7.60. The molecule has 1 amide bonds. The smallest absolute Gasteiger partial charge is 0.254 e. The third-order valence-corrected chi connectivity index (χ3v) is 5.69. The van der Waals surface area contributed by atoms with Crippen molar-refractivity contribution in [2.75, 3.05) is 38.5 Å². The lowest BCUT2D eigenvalue weighted by Gasteiger charge is -2.16. The number of halogens is 1. The molecule has 0 bridgehead atoms. The molecule has 0 aliphatic carbocycles. The summed E-state index contributed by atoms with van der Waals surface area (Å²) in [7, 11) is 1.57. The van der Waals surface area contributed by atoms with Crippen molar-refractivity contribution in [1.29, 1.82) is 0 Å². The number of rotatable bonds is 5. The van der Waals surface area contributed by atoms with Gasteiger partial charge in [-0.2, -0.15) is 0 Å². The van der Waals surface area contributed by atoms with Crippen LogP contribution < -0.4 is 10.6 Å². The maximum Gasteiger partial charge on any atom is 0.254 e. The molecule has 1 aromatic carbocycles. The highest BCUT2D eigenvalue weighted by atomic mass is 19.1. The first kappa shape index (κ1) is 18.7. The van der Waals surface area contributed by atoms with Gasteiger partial charge in [0.1, 0.15) is 5.65 Å². The first-order chi connectivity index (χ1) is 14.7. The topological polar surface area (TPSA) is 74.6 Å². The van der Waals surface area contributed by atoms with Gasteiger partial charge in [-0.05, 0) is 50.2 Å². The van der Waals surface area contributed by atoms with E-state index in [4.69, 9.17) is 0 Å². The van der Waals surface area contributed by atoms with Gasteiger partial charge in [0.15, 0.2) is 17.3 Å². The Bertz CT molecular complexity index is 1260. The highest BCUT2D eigenvalue weighted by Crippen LogP contribution is 2.27. The van der Waals surface area contributed by atoms with E-state index in [9.17, 15) is 9.18 Å². The number of carbonyl (C=O) groups is 1. The summed E-state index contributed by atoms with van der Waals surface area (Å²) in [6, 6.07) is 10.7. The van der Waals surface area contributed by atoms with Crippen LogP contribution in [0, 0.1) is 5.82 Å². The van der Waals surface area contributed by atoms with E-state index in [0.717, 1.165) is 30.7 Å². The molecule has 8 heteroatoms. The molecular weight excluding hydrogens is 383 g/mol. The molecule has 0 unspecified atom stereocenters. The van der Waals surface area contributed by atoms with E-state index in [2.05, 4.69) is 25.5 Å². The average molecular weight is 406 g/mol. The van der Waals surface area contributed by atoms with Crippen LogP contribution in [0.3, 0.4) is 0 Å². The molecule has 4 aromatic rings. The maximum atomic E-state index is 14.8. The lowest BCUT2D eigenvalue weighted by Crippen LogP contribution is -2.26. The van der Waals surface area contributed by atoms with Crippen molar-refractivity contribution in [3.63, 3.8) is 0 Å². The summed E-state index contributed by atoms with van der Waals surface area (Å²) in [6.45, 7) is 3.68. The molecule has 30 heavy (non-hydrogen) atoms. The van der Waals surface area contributed by atoms with E-state index >= 15 is 0 Å². The van der Waals surface area contributed by atoms with E-state index in [1.54, 1.807) is 13.1 Å². The molecule has 2 N–H and O–H groups in total. The van der Waals surface area contributed by atoms with Gasteiger partial charge >= 0.3 is 0 Å². The Hall–Kier alpha value is -3.26. The molecule has 5 rings (SSSR count). The zero-order valence-corrected chi connectivity index (χ0v) is 16.8. The summed E-state index contributed by atoms with van der Waals surface area (Å²) in [5.74, 6) is -0.491. The van der Waals surface area contributed by atoms with E-state index in [-0.39, 0.29) is 11.7 Å². The Balaban J connectivity index is 1.64. The van der Waals surface area contributed by atoms with Gasteiger partial charge in [-0.15, -0.1) is 0 Å². The van der Waals surface area contributed by atoms with Gasteiger partial charge in [-0.25, -0.2) is 14.4 Å². The first-order valence-corrected chi connectivity index (χ1v) is 10.2. The number of pyridine rings is 2. The molecule has 1 fully saturated rings. The monoisotopic (exact) mass is 406 g/mol. The van der Waals surface area contributed by atoms with Gasteiger partial charge in [-0.1, -0.05) is 12.1 Å². The molecule has 0 saturated carbocycles. The molecule has 1 saturated heterocycles. The highest BCUT2D eigenvalue weighted by Gasteiger charge is 2.19. The van der Waals surface area contributed by atoms with Gasteiger partial charge < -0.3 is 15.5 Å². The molecule has 3 aromatic heterocycles. The fourth-order valence-corrected chi connectivity index (χ4v) is 4.18. The third-order valence-electron chi connectivity index (χ3n) is 5.69. The van der Waals surface area contributed by atoms with Crippen LogP contribution in [0.15, 0.2) is 36.4 Å². The van der Waals surface area contributed by atoms with Crippen molar-refractivity contribution in [3.05, 3.63) is 47.8 Å². The number of aromatic nitrogens is 3. The second kappa shape index (κ2) is 7.53. The quantitative estimate of drug-likeness (QED) is 0.533. The van der Waals surface area contributed by atoms with Crippen LogP contribution in [0.4, 0.5) is 10.2 Å². The van der Waals surface area contributed by atoms with Crippen LogP contribution in [0.1, 0.15) is 23.2 Å². The molecule has 154 valence electrons. The number of benzene rings is 1. The van der Waals surface area contributed by atoms with Crippen LogP contribution in [0.25, 0.3) is 27.7 Å². The minimum Gasteiger partial charge on any atom is -0.366 e. The summed E-state index contributed by atoms with van der Waals surface area (Å²) < 4.78 is 16.6. The Morgan fingerprint density at radius 2 is 1.93 bits per heavy atom. The van der Waals surface area contributed by atoms with Crippen molar-refractivity contribution >= 4 is 39.4 Å². The van der Waals surface area contributed by atoms with Crippen molar-refractivity contribution in [1.82, 2.24) is 24.6 Å². The Kier molecular flexibility index (Phi) is 4.71. The average Bonchev–Trinajstić information content (AvgIpc) is 3.41. The first-order valence-electron chi connectivity index (χ1n) is 10.2. The largest absolute Gasteiger partial charge is 0.366 e. The molecular formula is C22H23FN6O. The number of amides is 1. The van der Waals surface area contributed by atoms with Crippen LogP contribution >= 0.6 is 0 Å². The van der Waals surface area contributed by atoms with E-state index in [1.165, 1.54) is 18.9 Å². The van der Waals surface area contributed by atoms with E-state index in [1.807, 2.05) is 28.7 Å². The summed E-state index contributed by atoms with van der Waals surface area (Å²) in [5, 5.41) is 6.33. The molecule has 1 aliphatic heterocycles. The van der Waals surface area contributed by atoms with Crippen molar-refractivity contribution in [2.45, 2.75) is 12.8 Å². The summed E-state index contributed by atoms with van der Waals surface area (Å²) >= 11 is 0. The minimum absolute atomic E-state index is 0.216. The lowest BCUT2D eigenvalue weighted by atomic mass is 10.2. The van der Waals surface area contributed by atoms with Gasteiger partial charge in [0.2, 0.25) is 0 Å². The molecule has 4 heterocycles. The lowest BCUT2D eigenvalue weighted by molar-refractivity contribution is 0.0964. The van der Waals surface area contributed by atoms with Crippen LogP contribution in [0.5, 0.6) is 0 Å². The number of imidazole rings is 1. The summed E-state index contributed by atoms with van der Waals surface area (Å²) in [4.78, 5) is 24.1. The fourth-order valence-electron chi connectivity index (χ4n) is 4.18. The zero-order valence-electron chi connectivity index (χ0n) is 16.8. The normalized spacial score (nSPS) is 14.7. The summed E-state index contributed by atoms with van der Waals surface area (Å²) in [6.07, 6.45) is 2.45. The molecule has 0 atom stereocenters. The Labute approximate surface area is 172 Å². The van der Waals surface area contributed by atoms with Crippen molar-refractivity contribution < 1.29 is 9.18 Å². The van der Waals surface area contributed by atoms with Gasteiger partial charge in [0.05, 0.1) is 16.6 Å². The van der Waals surface area contributed by atoms with Crippen LogP contribution in [0.2, 0.25) is 0 Å². The maximum absolute atomic E-state index is 14.8. The second-order valence-electron chi connectivity index (χ2n) is 7.60. The standard InChI is InChI=1S/C22H23FN6O/c1-24-22(30)15-12-14-13-16(23)19(25-8-11-28-9-4-5-10-28)27-20(14)29-18-7-3-2-6-17(18)26-21(15)29/h2-3,6-7,12-13H,4-5,8-11H2,1H3,(H,24,30)(H,25,27). The zero-order chi connectivity index (χ0) is 20.7. The number of para-hydroxylation sites is 2. The van der Waals surface area contributed by atoms with E-state index < -0.39 is 5.82 Å². The summed E-state index contributed by atoms with van der Waals surface area (Å²) in [5.41, 5.74) is 3.04. The number of hydrogen-bond acceptors (Lipinski definition) is 5.